The minimum atomic E-state index is 0.179. The first-order valence-corrected chi connectivity index (χ1v) is 8.56. The third kappa shape index (κ3) is 2.66. The second-order valence-corrected chi connectivity index (χ2v) is 6.53. The van der Waals surface area contributed by atoms with Crippen LogP contribution < -0.4 is 4.90 Å². The minimum absolute atomic E-state index is 0.179. The number of benzene rings is 2. The highest BCUT2D eigenvalue weighted by molar-refractivity contribution is 7.19. The Morgan fingerprint density at radius 1 is 0.913 bits per heavy atom. The number of carbonyl (C=O) groups excluding carboxylic acids is 1. The highest BCUT2D eigenvalue weighted by Gasteiger charge is 2.26. The summed E-state index contributed by atoms with van der Waals surface area (Å²) in [7, 11) is 0. The van der Waals surface area contributed by atoms with Gasteiger partial charge in [-0.05, 0) is 12.0 Å². The first-order chi connectivity index (χ1) is 11.3. The lowest BCUT2D eigenvalue weighted by atomic mass is 10.1. The number of hydrogen-bond donors (Lipinski definition) is 0. The Kier molecular flexibility index (Phi) is 3.67. The molecule has 4 rings (SSSR count). The van der Waals surface area contributed by atoms with E-state index in [0.717, 1.165) is 39.8 Å². The molecular formula is C19H16N2OS. The van der Waals surface area contributed by atoms with Crippen LogP contribution in [0.1, 0.15) is 12.8 Å². The molecule has 1 aliphatic heterocycles. The van der Waals surface area contributed by atoms with E-state index in [4.69, 9.17) is 4.98 Å². The molecule has 1 aromatic heterocycles. The quantitative estimate of drug-likeness (QED) is 0.706. The second kappa shape index (κ2) is 5.97. The number of rotatable bonds is 3. The fourth-order valence-corrected chi connectivity index (χ4v) is 3.99. The average Bonchev–Trinajstić information content (AvgIpc) is 3.22. The van der Waals surface area contributed by atoms with Crippen LogP contribution in [0.3, 0.4) is 0 Å². The maximum Gasteiger partial charge on any atom is 0.228 e. The number of amides is 1. The van der Waals surface area contributed by atoms with Crippen molar-refractivity contribution in [3.8, 4) is 21.7 Å². The van der Waals surface area contributed by atoms with Crippen molar-refractivity contribution in [2.75, 3.05) is 11.4 Å². The Morgan fingerprint density at radius 3 is 2.17 bits per heavy atom. The van der Waals surface area contributed by atoms with Crippen LogP contribution in [-0.2, 0) is 4.79 Å². The molecule has 0 radical (unpaired) electrons. The predicted molar refractivity (Wildman–Crippen MR) is 94.6 cm³/mol. The van der Waals surface area contributed by atoms with Crippen molar-refractivity contribution in [2.45, 2.75) is 12.8 Å². The third-order valence-electron chi connectivity index (χ3n) is 4.00. The zero-order valence-corrected chi connectivity index (χ0v) is 13.4. The van der Waals surface area contributed by atoms with Crippen LogP contribution in [0.5, 0.6) is 0 Å². The largest absolute Gasteiger partial charge is 0.288 e. The molecule has 0 bridgehead atoms. The van der Waals surface area contributed by atoms with E-state index < -0.39 is 0 Å². The van der Waals surface area contributed by atoms with Crippen molar-refractivity contribution < 1.29 is 4.79 Å². The molecule has 0 unspecified atom stereocenters. The van der Waals surface area contributed by atoms with E-state index >= 15 is 0 Å². The van der Waals surface area contributed by atoms with Crippen molar-refractivity contribution in [3.63, 3.8) is 0 Å². The minimum Gasteiger partial charge on any atom is -0.288 e. The monoisotopic (exact) mass is 320 g/mol. The lowest BCUT2D eigenvalue weighted by Crippen LogP contribution is -2.23. The van der Waals surface area contributed by atoms with Gasteiger partial charge in [-0.15, -0.1) is 0 Å². The third-order valence-corrected chi connectivity index (χ3v) is 5.13. The summed E-state index contributed by atoms with van der Waals surface area (Å²) in [5.74, 6) is 0.179. The van der Waals surface area contributed by atoms with Crippen LogP contribution in [0.25, 0.3) is 21.7 Å². The van der Waals surface area contributed by atoms with Gasteiger partial charge < -0.3 is 0 Å². The summed E-state index contributed by atoms with van der Waals surface area (Å²) >= 11 is 1.60. The summed E-state index contributed by atoms with van der Waals surface area (Å²) in [5, 5.41) is 0.810. The Balaban J connectivity index is 1.86. The standard InChI is InChI=1S/C19H16N2OS/c22-16-12-7-13-21(16)19-20-17(14-8-3-1-4-9-14)18(23-19)15-10-5-2-6-11-15/h1-6,8-11H,7,12-13H2. The van der Waals surface area contributed by atoms with Gasteiger partial charge in [0, 0.05) is 18.5 Å². The summed E-state index contributed by atoms with van der Waals surface area (Å²) in [6, 6.07) is 20.4. The summed E-state index contributed by atoms with van der Waals surface area (Å²) < 4.78 is 0. The van der Waals surface area contributed by atoms with E-state index in [1.807, 2.05) is 41.3 Å². The van der Waals surface area contributed by atoms with Crippen LogP contribution in [0, 0.1) is 0 Å². The molecule has 0 saturated carbocycles. The van der Waals surface area contributed by atoms with Gasteiger partial charge in [-0.1, -0.05) is 72.0 Å². The summed E-state index contributed by atoms with van der Waals surface area (Å²) in [6.07, 6.45) is 1.54. The van der Waals surface area contributed by atoms with E-state index in [2.05, 4.69) is 24.3 Å². The molecule has 2 aromatic carbocycles. The zero-order valence-electron chi connectivity index (χ0n) is 12.6. The summed E-state index contributed by atoms with van der Waals surface area (Å²) in [5.41, 5.74) is 3.18. The number of anilines is 1. The Morgan fingerprint density at radius 2 is 1.57 bits per heavy atom. The van der Waals surface area contributed by atoms with Crippen molar-refractivity contribution >= 4 is 22.4 Å². The summed E-state index contributed by atoms with van der Waals surface area (Å²) in [6.45, 7) is 0.773. The second-order valence-electron chi connectivity index (χ2n) is 5.56. The maximum atomic E-state index is 12.1. The summed E-state index contributed by atoms with van der Waals surface area (Å²) in [4.78, 5) is 19.8. The molecule has 3 nitrogen and oxygen atoms in total. The van der Waals surface area contributed by atoms with E-state index in [9.17, 15) is 4.79 Å². The molecule has 23 heavy (non-hydrogen) atoms. The molecule has 3 aromatic rings. The molecule has 1 aliphatic rings. The van der Waals surface area contributed by atoms with Crippen molar-refractivity contribution in [3.05, 3.63) is 60.7 Å². The molecule has 2 heterocycles. The lowest BCUT2D eigenvalue weighted by Gasteiger charge is -2.10. The lowest BCUT2D eigenvalue weighted by molar-refractivity contribution is -0.117. The van der Waals surface area contributed by atoms with E-state index in [1.165, 1.54) is 0 Å². The van der Waals surface area contributed by atoms with Crippen molar-refractivity contribution in [2.24, 2.45) is 0 Å². The number of hydrogen-bond acceptors (Lipinski definition) is 3. The smallest absolute Gasteiger partial charge is 0.228 e. The van der Waals surface area contributed by atoms with Gasteiger partial charge in [0.2, 0.25) is 5.91 Å². The Bertz CT molecular complexity index is 770. The van der Waals surface area contributed by atoms with Crippen LogP contribution in [0.15, 0.2) is 60.7 Å². The average molecular weight is 320 g/mol. The molecule has 114 valence electrons. The van der Waals surface area contributed by atoms with Crippen LogP contribution in [0.2, 0.25) is 0 Å². The van der Waals surface area contributed by atoms with Crippen LogP contribution in [0.4, 0.5) is 5.13 Å². The highest BCUT2D eigenvalue weighted by atomic mass is 32.1. The predicted octanol–water partition coefficient (Wildman–Crippen LogP) is 4.60. The van der Waals surface area contributed by atoms with E-state index in [-0.39, 0.29) is 5.91 Å². The molecule has 0 atom stereocenters. The van der Waals surface area contributed by atoms with Gasteiger partial charge in [-0.3, -0.25) is 9.69 Å². The molecule has 0 N–H and O–H groups in total. The maximum absolute atomic E-state index is 12.1. The van der Waals surface area contributed by atoms with Crippen molar-refractivity contribution in [1.82, 2.24) is 4.98 Å². The number of carbonyl (C=O) groups is 1. The fraction of sp³-hybridized carbons (Fsp3) is 0.158. The molecule has 4 heteroatoms. The zero-order chi connectivity index (χ0) is 15.6. The first kappa shape index (κ1) is 14.2. The normalized spacial score (nSPS) is 14.4. The van der Waals surface area contributed by atoms with Crippen LogP contribution in [-0.4, -0.2) is 17.4 Å². The SMILES string of the molecule is O=C1CCCN1c1nc(-c2ccccc2)c(-c2ccccc2)s1. The Labute approximate surface area is 139 Å². The van der Waals surface area contributed by atoms with Gasteiger partial charge in [-0.2, -0.15) is 0 Å². The van der Waals surface area contributed by atoms with Gasteiger partial charge in [0.25, 0.3) is 0 Å². The molecule has 0 spiro atoms. The fourth-order valence-electron chi connectivity index (χ4n) is 2.85. The van der Waals surface area contributed by atoms with E-state index in [1.54, 1.807) is 11.3 Å². The van der Waals surface area contributed by atoms with Gasteiger partial charge in [0.15, 0.2) is 5.13 Å². The van der Waals surface area contributed by atoms with Gasteiger partial charge in [0.1, 0.15) is 0 Å². The van der Waals surface area contributed by atoms with Gasteiger partial charge in [0.05, 0.1) is 10.6 Å². The molecular weight excluding hydrogens is 304 g/mol. The Hall–Kier alpha value is -2.46. The first-order valence-electron chi connectivity index (χ1n) is 7.75. The van der Waals surface area contributed by atoms with Crippen molar-refractivity contribution in [1.29, 1.82) is 0 Å². The number of nitrogens with zero attached hydrogens (tertiary/aromatic N) is 2. The topological polar surface area (TPSA) is 33.2 Å². The molecule has 1 fully saturated rings. The van der Waals surface area contributed by atoms with Gasteiger partial charge >= 0.3 is 0 Å². The van der Waals surface area contributed by atoms with Crippen LogP contribution >= 0.6 is 11.3 Å². The van der Waals surface area contributed by atoms with E-state index in [0.29, 0.717) is 6.42 Å². The molecule has 1 saturated heterocycles. The highest BCUT2D eigenvalue weighted by Crippen LogP contribution is 2.41. The number of aromatic nitrogens is 1. The van der Waals surface area contributed by atoms with Gasteiger partial charge in [-0.25, -0.2) is 4.98 Å². The number of thiazole rings is 1. The molecule has 0 aliphatic carbocycles. The molecule has 1 amide bonds.